The minimum absolute atomic E-state index is 0.422. The second kappa shape index (κ2) is 11.8. The first kappa shape index (κ1) is 24.7. The van der Waals surface area contributed by atoms with E-state index in [2.05, 4.69) is 26.0 Å². The number of para-hydroxylation sites is 4. The molecular weight excluding hydrogens is 446 g/mol. The van der Waals surface area contributed by atoms with Crippen molar-refractivity contribution in [2.75, 3.05) is 0 Å². The number of aryl methyl sites for hydroxylation is 2. The molecule has 0 aromatic heterocycles. The average molecular weight is 482 g/mol. The summed E-state index contributed by atoms with van der Waals surface area (Å²) in [6.07, 6.45) is 11.6. The molecule has 0 aliphatic carbocycles. The van der Waals surface area contributed by atoms with Gasteiger partial charge in [-0.15, -0.1) is 0 Å². The van der Waals surface area contributed by atoms with E-state index >= 15 is 0 Å². The molecule has 0 atom stereocenters. The third-order valence-corrected chi connectivity index (χ3v) is 7.14. The lowest BCUT2D eigenvalue weighted by molar-refractivity contribution is 0.515. The highest BCUT2D eigenvalue weighted by Gasteiger charge is 2.40. The zero-order valence-electron chi connectivity index (χ0n) is 21.6. The van der Waals surface area contributed by atoms with Crippen LogP contribution >= 0.6 is 0 Å². The van der Waals surface area contributed by atoms with E-state index in [0.717, 1.165) is 59.6 Å². The van der Waals surface area contributed by atoms with Crippen LogP contribution in [-0.2, 0) is 12.8 Å². The third kappa shape index (κ3) is 5.53. The van der Waals surface area contributed by atoms with Crippen molar-refractivity contribution in [3.8, 4) is 23.0 Å². The summed E-state index contributed by atoms with van der Waals surface area (Å²) in [5.74, 6) is 3.24. The molecule has 186 valence electrons. The fraction of sp³-hybridized carbons (Fsp3) is 0.400. The molecule has 3 aromatic carbocycles. The molecule has 0 spiro atoms. The molecule has 36 heavy (non-hydrogen) atoms. The summed E-state index contributed by atoms with van der Waals surface area (Å²) < 4.78 is 25.2. The second-order valence-electron chi connectivity index (χ2n) is 9.90. The first-order valence-electron chi connectivity index (χ1n) is 13.8. The van der Waals surface area contributed by atoms with E-state index in [1.54, 1.807) is 0 Å². The summed E-state index contributed by atoms with van der Waals surface area (Å²) in [7, 11) is -0.843. The van der Waals surface area contributed by atoms with Crippen molar-refractivity contribution in [3.05, 3.63) is 71.8 Å². The summed E-state index contributed by atoms with van der Waals surface area (Å²) in [5, 5.41) is 0. The quantitative estimate of drug-likeness (QED) is 0.226. The van der Waals surface area contributed by atoms with Crippen LogP contribution in [0.2, 0.25) is 0 Å². The van der Waals surface area contributed by atoms with E-state index in [0.29, 0.717) is 0 Å². The molecule has 0 bridgehead atoms. The van der Waals surface area contributed by atoms with Gasteiger partial charge in [-0.05, 0) is 61.1 Å². The SMILES string of the molecule is CCCCCCc1cc(B2Oc3ccccc3O2)c(CCCCCC)cc1B1Oc2ccccc2O1. The van der Waals surface area contributed by atoms with Crippen LogP contribution in [-0.4, -0.2) is 14.2 Å². The van der Waals surface area contributed by atoms with E-state index in [1.807, 2.05) is 48.5 Å². The molecule has 0 amide bonds. The number of benzene rings is 3. The molecule has 3 aromatic rings. The van der Waals surface area contributed by atoms with Gasteiger partial charge < -0.3 is 18.6 Å². The Balaban J connectivity index is 1.48. The lowest BCUT2D eigenvalue weighted by Crippen LogP contribution is -2.47. The summed E-state index contributed by atoms with van der Waals surface area (Å²) >= 11 is 0. The van der Waals surface area contributed by atoms with Crippen molar-refractivity contribution in [1.29, 1.82) is 0 Å². The normalized spacial score (nSPS) is 13.5. The van der Waals surface area contributed by atoms with Crippen molar-refractivity contribution in [2.24, 2.45) is 0 Å². The van der Waals surface area contributed by atoms with E-state index in [4.69, 9.17) is 18.6 Å². The van der Waals surface area contributed by atoms with E-state index in [1.165, 1.54) is 49.7 Å². The van der Waals surface area contributed by atoms with Crippen LogP contribution in [0.25, 0.3) is 0 Å². The molecule has 5 rings (SSSR count). The Morgan fingerprint density at radius 3 is 1.19 bits per heavy atom. The zero-order valence-corrected chi connectivity index (χ0v) is 21.6. The summed E-state index contributed by atoms with van der Waals surface area (Å²) in [6.45, 7) is 4.50. The van der Waals surface area contributed by atoms with Gasteiger partial charge in [-0.2, -0.15) is 0 Å². The predicted molar refractivity (Wildman–Crippen MR) is 148 cm³/mol. The number of rotatable bonds is 12. The Hall–Kier alpha value is -3.01. The first-order chi connectivity index (χ1) is 17.8. The fourth-order valence-corrected chi connectivity index (χ4v) is 5.14. The molecule has 0 N–H and O–H groups in total. The van der Waals surface area contributed by atoms with Crippen molar-refractivity contribution in [2.45, 2.75) is 78.1 Å². The molecule has 6 heteroatoms. The van der Waals surface area contributed by atoms with Gasteiger partial charge in [-0.25, -0.2) is 0 Å². The maximum Gasteiger partial charge on any atom is 0.633 e. The van der Waals surface area contributed by atoms with Crippen molar-refractivity contribution in [3.63, 3.8) is 0 Å². The van der Waals surface area contributed by atoms with Crippen LogP contribution in [0.15, 0.2) is 60.7 Å². The molecule has 2 aliphatic rings. The number of hydrogen-bond donors (Lipinski definition) is 0. The summed E-state index contributed by atoms with van der Waals surface area (Å²) in [6, 6.07) is 20.5. The van der Waals surface area contributed by atoms with Crippen LogP contribution < -0.4 is 29.5 Å². The zero-order chi connectivity index (χ0) is 24.7. The van der Waals surface area contributed by atoms with Crippen molar-refractivity contribution < 1.29 is 18.6 Å². The smallest absolute Gasteiger partial charge is 0.519 e. The molecule has 0 radical (unpaired) electrons. The van der Waals surface area contributed by atoms with Gasteiger partial charge in [0.05, 0.1) is 0 Å². The Kier molecular flexibility index (Phi) is 8.10. The minimum atomic E-state index is -0.422. The van der Waals surface area contributed by atoms with Crippen LogP contribution in [0.1, 0.15) is 76.3 Å². The van der Waals surface area contributed by atoms with Crippen LogP contribution in [0.3, 0.4) is 0 Å². The highest BCUT2D eigenvalue weighted by atomic mass is 16.6. The highest BCUT2D eigenvalue weighted by Crippen LogP contribution is 2.34. The van der Waals surface area contributed by atoms with Crippen LogP contribution in [0.4, 0.5) is 0 Å². The van der Waals surface area contributed by atoms with Crippen molar-refractivity contribution in [1.82, 2.24) is 0 Å². The van der Waals surface area contributed by atoms with Gasteiger partial charge in [-0.1, -0.05) is 88.8 Å². The molecule has 2 heterocycles. The van der Waals surface area contributed by atoms with Gasteiger partial charge in [0.15, 0.2) is 0 Å². The Morgan fingerprint density at radius 2 is 0.861 bits per heavy atom. The van der Waals surface area contributed by atoms with Crippen molar-refractivity contribution >= 4 is 25.2 Å². The maximum atomic E-state index is 6.29. The Morgan fingerprint density at radius 1 is 0.500 bits per heavy atom. The second-order valence-corrected chi connectivity index (χ2v) is 9.90. The van der Waals surface area contributed by atoms with E-state index in [9.17, 15) is 0 Å². The molecule has 0 unspecified atom stereocenters. The van der Waals surface area contributed by atoms with Crippen LogP contribution in [0.5, 0.6) is 23.0 Å². The average Bonchev–Trinajstić information content (AvgIpc) is 3.53. The predicted octanol–water partition coefficient (Wildman–Crippen LogP) is 6.27. The molecule has 0 fully saturated rings. The van der Waals surface area contributed by atoms with Crippen LogP contribution in [0, 0.1) is 0 Å². The number of hydrogen-bond acceptors (Lipinski definition) is 4. The molecule has 4 nitrogen and oxygen atoms in total. The largest absolute Gasteiger partial charge is 0.633 e. The molecule has 0 saturated heterocycles. The highest BCUT2D eigenvalue weighted by molar-refractivity contribution is 6.66. The number of unbranched alkanes of at least 4 members (excludes halogenated alkanes) is 6. The fourth-order valence-electron chi connectivity index (χ4n) is 5.14. The standard InChI is InChI=1S/C30H36B2O4/c1-3-5-7-9-15-23-21-26(32-35-29-19-13-14-20-30(29)36-32)24(16-10-8-6-4-2)22-25(23)31-33-27-17-11-12-18-28(27)34-31/h11-14,17-22H,3-10,15-16H2,1-2H3. The van der Waals surface area contributed by atoms with Gasteiger partial charge in [0.2, 0.25) is 0 Å². The molecular formula is C30H36B2O4. The van der Waals surface area contributed by atoms with Gasteiger partial charge in [0, 0.05) is 10.9 Å². The topological polar surface area (TPSA) is 36.9 Å². The lowest BCUT2D eigenvalue weighted by atomic mass is 9.67. The van der Waals surface area contributed by atoms with E-state index in [-0.39, 0.29) is 0 Å². The monoisotopic (exact) mass is 482 g/mol. The van der Waals surface area contributed by atoms with Gasteiger partial charge in [0.1, 0.15) is 23.0 Å². The maximum absolute atomic E-state index is 6.29. The van der Waals surface area contributed by atoms with Gasteiger partial charge >= 0.3 is 14.2 Å². The van der Waals surface area contributed by atoms with Gasteiger partial charge in [0.25, 0.3) is 0 Å². The Bertz CT molecular complexity index is 1020. The summed E-state index contributed by atoms with van der Waals surface area (Å²) in [4.78, 5) is 0. The first-order valence-corrected chi connectivity index (χ1v) is 13.8. The Labute approximate surface area is 216 Å². The third-order valence-electron chi connectivity index (χ3n) is 7.14. The molecule has 2 aliphatic heterocycles. The molecule has 0 saturated carbocycles. The number of fused-ring (bicyclic) bond motifs is 2. The minimum Gasteiger partial charge on any atom is -0.519 e. The van der Waals surface area contributed by atoms with E-state index < -0.39 is 14.2 Å². The van der Waals surface area contributed by atoms with Gasteiger partial charge in [-0.3, -0.25) is 0 Å². The lowest BCUT2D eigenvalue weighted by Gasteiger charge is -2.18. The summed E-state index contributed by atoms with van der Waals surface area (Å²) in [5.41, 5.74) is 4.79.